The van der Waals surface area contributed by atoms with E-state index in [9.17, 15) is 4.79 Å². The van der Waals surface area contributed by atoms with Crippen LogP contribution in [0.5, 0.6) is 0 Å². The van der Waals surface area contributed by atoms with E-state index < -0.39 is 0 Å². The van der Waals surface area contributed by atoms with Gasteiger partial charge in [-0.1, -0.05) is 17.7 Å². The molecule has 0 aliphatic carbocycles. The number of rotatable bonds is 7. The molecule has 1 aromatic heterocycles. The first-order valence-corrected chi connectivity index (χ1v) is 8.11. The zero-order chi connectivity index (χ0) is 17.5. The highest BCUT2D eigenvalue weighted by Crippen LogP contribution is 2.20. The monoisotopic (exact) mass is 347 g/mol. The molecule has 1 heterocycles. The maximum atomic E-state index is 12.4. The minimum Gasteiger partial charge on any atom is -0.370 e. The molecule has 1 amide bonds. The van der Waals surface area contributed by atoms with Gasteiger partial charge >= 0.3 is 0 Å². The van der Waals surface area contributed by atoms with Gasteiger partial charge in [0, 0.05) is 23.3 Å². The summed E-state index contributed by atoms with van der Waals surface area (Å²) in [6.45, 7) is 3.67. The average molecular weight is 348 g/mol. The number of nitrogens with zero attached hydrogens (tertiary/aromatic N) is 3. The predicted molar refractivity (Wildman–Crippen MR) is 97.8 cm³/mol. The van der Waals surface area contributed by atoms with Crippen LogP contribution in [0.1, 0.15) is 22.5 Å². The van der Waals surface area contributed by atoms with Gasteiger partial charge in [-0.25, -0.2) is 9.97 Å². The summed E-state index contributed by atoms with van der Waals surface area (Å²) >= 11 is 5.97. The maximum Gasteiger partial charge on any atom is 0.274 e. The molecule has 0 saturated carbocycles. The largest absolute Gasteiger partial charge is 0.370 e. The minimum atomic E-state index is -0.292. The summed E-state index contributed by atoms with van der Waals surface area (Å²) in [6.07, 6.45) is 2.37. The lowest BCUT2D eigenvalue weighted by Gasteiger charge is -2.11. The highest BCUT2D eigenvalue weighted by Gasteiger charge is 2.11. The van der Waals surface area contributed by atoms with Gasteiger partial charge in [-0.05, 0) is 51.7 Å². The van der Waals surface area contributed by atoms with E-state index in [1.807, 2.05) is 27.1 Å². The zero-order valence-corrected chi connectivity index (χ0v) is 14.9. The number of hydrogen-bond donors (Lipinski definition) is 2. The quantitative estimate of drug-likeness (QED) is 0.753. The van der Waals surface area contributed by atoms with Gasteiger partial charge in [-0.3, -0.25) is 4.79 Å². The minimum absolute atomic E-state index is 0.292. The number of amides is 1. The molecule has 7 heteroatoms. The molecule has 0 saturated heterocycles. The summed E-state index contributed by atoms with van der Waals surface area (Å²) in [6, 6.07) is 7.00. The van der Waals surface area contributed by atoms with Crippen LogP contribution in [-0.4, -0.2) is 48.0 Å². The first kappa shape index (κ1) is 18.2. The number of nitrogens with one attached hydrogen (secondary N) is 2. The molecule has 0 aliphatic rings. The Labute approximate surface area is 147 Å². The van der Waals surface area contributed by atoms with Gasteiger partial charge in [0.2, 0.25) is 0 Å². The average Bonchev–Trinajstić information content (AvgIpc) is 2.55. The van der Waals surface area contributed by atoms with Gasteiger partial charge in [-0.2, -0.15) is 0 Å². The normalized spacial score (nSPS) is 10.7. The standard InChI is InChI=1S/C17H22ClN5O/c1-12-5-6-13(18)9-14(12)22-17(24)15-10-16(21-11-20-15)19-7-4-8-23(2)3/h5-6,9-11H,4,7-8H2,1-3H3,(H,22,24)(H,19,20,21). The van der Waals surface area contributed by atoms with Crippen molar-refractivity contribution >= 4 is 29.0 Å². The van der Waals surface area contributed by atoms with Gasteiger partial charge in [0.25, 0.3) is 5.91 Å². The number of anilines is 2. The highest BCUT2D eigenvalue weighted by atomic mass is 35.5. The summed E-state index contributed by atoms with van der Waals surface area (Å²) in [5, 5.41) is 6.60. The molecule has 6 nitrogen and oxygen atoms in total. The number of halogens is 1. The number of hydrogen-bond acceptors (Lipinski definition) is 5. The van der Waals surface area contributed by atoms with Crippen molar-refractivity contribution in [3.63, 3.8) is 0 Å². The first-order valence-electron chi connectivity index (χ1n) is 7.74. The Kier molecular flexibility index (Phi) is 6.52. The molecular weight excluding hydrogens is 326 g/mol. The lowest BCUT2D eigenvalue weighted by Crippen LogP contribution is -2.18. The molecular formula is C17H22ClN5O. The second-order valence-electron chi connectivity index (χ2n) is 5.79. The number of carbonyl (C=O) groups excluding carboxylic acids is 1. The molecule has 0 atom stereocenters. The van der Waals surface area contributed by atoms with Crippen molar-refractivity contribution < 1.29 is 4.79 Å². The van der Waals surface area contributed by atoms with Crippen LogP contribution in [0.25, 0.3) is 0 Å². The SMILES string of the molecule is Cc1ccc(Cl)cc1NC(=O)c1cc(NCCCN(C)C)ncn1. The Bertz CT molecular complexity index is 705. The molecule has 0 aliphatic heterocycles. The lowest BCUT2D eigenvalue weighted by atomic mass is 10.2. The summed E-state index contributed by atoms with van der Waals surface area (Å²) in [4.78, 5) is 22.7. The highest BCUT2D eigenvalue weighted by molar-refractivity contribution is 6.31. The summed E-state index contributed by atoms with van der Waals surface area (Å²) in [7, 11) is 4.07. The topological polar surface area (TPSA) is 70.2 Å². The Morgan fingerprint density at radius 2 is 2.04 bits per heavy atom. The van der Waals surface area contributed by atoms with Crippen molar-refractivity contribution in [2.45, 2.75) is 13.3 Å². The van der Waals surface area contributed by atoms with E-state index >= 15 is 0 Å². The Morgan fingerprint density at radius 1 is 1.25 bits per heavy atom. The van der Waals surface area contributed by atoms with Gasteiger partial charge in [-0.15, -0.1) is 0 Å². The molecule has 0 bridgehead atoms. The van der Waals surface area contributed by atoms with Crippen LogP contribution < -0.4 is 10.6 Å². The summed E-state index contributed by atoms with van der Waals surface area (Å²) < 4.78 is 0. The molecule has 2 aromatic rings. The molecule has 0 spiro atoms. The van der Waals surface area contributed by atoms with Crippen molar-refractivity contribution in [3.05, 3.63) is 46.9 Å². The Balaban J connectivity index is 1.99. The van der Waals surface area contributed by atoms with E-state index in [0.717, 1.165) is 25.1 Å². The molecule has 2 N–H and O–H groups in total. The predicted octanol–water partition coefficient (Wildman–Crippen LogP) is 3.05. The van der Waals surface area contributed by atoms with Gasteiger partial charge in [0.15, 0.2) is 0 Å². The molecule has 0 unspecified atom stereocenters. The summed E-state index contributed by atoms with van der Waals surface area (Å²) in [5.74, 6) is 0.343. The fraction of sp³-hybridized carbons (Fsp3) is 0.353. The molecule has 2 rings (SSSR count). The number of aromatic nitrogens is 2. The van der Waals surface area contributed by atoms with Crippen molar-refractivity contribution in [1.29, 1.82) is 0 Å². The fourth-order valence-corrected chi connectivity index (χ4v) is 2.28. The molecule has 1 aromatic carbocycles. The van der Waals surface area contributed by atoms with Crippen molar-refractivity contribution in [2.24, 2.45) is 0 Å². The lowest BCUT2D eigenvalue weighted by molar-refractivity contribution is 0.102. The number of aryl methyl sites for hydroxylation is 1. The van der Waals surface area contributed by atoms with E-state index in [4.69, 9.17) is 11.6 Å². The molecule has 0 fully saturated rings. The van der Waals surface area contributed by atoms with Gasteiger partial charge in [0.05, 0.1) is 0 Å². The fourth-order valence-electron chi connectivity index (χ4n) is 2.11. The number of carbonyl (C=O) groups is 1. The van der Waals surface area contributed by atoms with Crippen molar-refractivity contribution in [3.8, 4) is 0 Å². The smallest absolute Gasteiger partial charge is 0.274 e. The molecule has 0 radical (unpaired) electrons. The van der Waals surface area contributed by atoms with Gasteiger partial charge < -0.3 is 15.5 Å². The van der Waals surface area contributed by atoms with Crippen LogP contribution >= 0.6 is 11.6 Å². The van der Waals surface area contributed by atoms with E-state index in [-0.39, 0.29) is 5.91 Å². The van der Waals surface area contributed by atoms with E-state index in [1.165, 1.54) is 6.33 Å². The van der Waals surface area contributed by atoms with Crippen LogP contribution in [0, 0.1) is 6.92 Å². The molecule has 128 valence electrons. The van der Waals surface area contributed by atoms with Crippen LogP contribution in [0.3, 0.4) is 0 Å². The van der Waals surface area contributed by atoms with Crippen molar-refractivity contribution in [2.75, 3.05) is 37.8 Å². The van der Waals surface area contributed by atoms with E-state index in [0.29, 0.717) is 22.2 Å². The third-order valence-electron chi connectivity index (χ3n) is 3.44. The third-order valence-corrected chi connectivity index (χ3v) is 3.67. The van der Waals surface area contributed by atoms with Crippen LogP contribution in [0.2, 0.25) is 5.02 Å². The number of benzene rings is 1. The van der Waals surface area contributed by atoms with Crippen LogP contribution in [-0.2, 0) is 0 Å². The van der Waals surface area contributed by atoms with E-state index in [2.05, 4.69) is 25.5 Å². The Morgan fingerprint density at radius 3 is 2.79 bits per heavy atom. The van der Waals surface area contributed by atoms with Crippen LogP contribution in [0.4, 0.5) is 11.5 Å². The van der Waals surface area contributed by atoms with Crippen LogP contribution in [0.15, 0.2) is 30.6 Å². The zero-order valence-electron chi connectivity index (χ0n) is 14.1. The second-order valence-corrected chi connectivity index (χ2v) is 6.22. The van der Waals surface area contributed by atoms with Gasteiger partial charge in [0.1, 0.15) is 17.8 Å². The maximum absolute atomic E-state index is 12.4. The third kappa shape index (κ3) is 5.47. The molecule has 24 heavy (non-hydrogen) atoms. The summed E-state index contributed by atoms with van der Waals surface area (Å²) in [5.41, 5.74) is 1.91. The van der Waals surface area contributed by atoms with Crippen molar-refractivity contribution in [1.82, 2.24) is 14.9 Å². The Hall–Kier alpha value is -2.18. The first-order chi connectivity index (χ1) is 11.5. The van der Waals surface area contributed by atoms with E-state index in [1.54, 1.807) is 18.2 Å². The second kappa shape index (κ2) is 8.61.